The zero-order valence-electron chi connectivity index (χ0n) is 13.2. The third-order valence-corrected chi connectivity index (χ3v) is 5.11. The van der Waals surface area contributed by atoms with Gasteiger partial charge in [-0.1, -0.05) is 0 Å². The fourth-order valence-electron chi connectivity index (χ4n) is 3.05. The second-order valence-electron chi connectivity index (χ2n) is 5.93. The van der Waals surface area contributed by atoms with Crippen LogP contribution in [0, 0.1) is 6.92 Å². The van der Waals surface area contributed by atoms with Crippen LogP contribution in [0.4, 0.5) is 0 Å². The molecule has 0 bridgehead atoms. The molecule has 0 spiro atoms. The minimum atomic E-state index is 0.0316. The van der Waals surface area contributed by atoms with Crippen LogP contribution in [-0.2, 0) is 0 Å². The van der Waals surface area contributed by atoms with Crippen LogP contribution in [0.2, 0.25) is 0 Å². The number of aryl methyl sites for hydroxylation is 1. The monoisotopic (exact) mass is 343 g/mol. The van der Waals surface area contributed by atoms with Crippen molar-refractivity contribution in [1.82, 2.24) is 34.9 Å². The Bertz CT molecular complexity index is 838. The molecule has 0 aliphatic carbocycles. The van der Waals surface area contributed by atoms with E-state index in [4.69, 9.17) is 0 Å². The van der Waals surface area contributed by atoms with Crippen LogP contribution < -0.4 is 0 Å². The van der Waals surface area contributed by atoms with E-state index in [0.717, 1.165) is 30.6 Å². The van der Waals surface area contributed by atoms with Gasteiger partial charge in [0.25, 0.3) is 5.91 Å². The highest BCUT2D eigenvalue weighted by Gasteiger charge is 2.28. The maximum atomic E-state index is 13.0. The molecule has 1 atom stereocenters. The number of likely N-dealkylation sites (tertiary alicyclic amines) is 1. The maximum absolute atomic E-state index is 13.0. The van der Waals surface area contributed by atoms with Gasteiger partial charge in [0, 0.05) is 19.3 Å². The number of piperidine rings is 1. The molecule has 1 aliphatic heterocycles. The van der Waals surface area contributed by atoms with Crippen molar-refractivity contribution < 1.29 is 4.79 Å². The lowest BCUT2D eigenvalue weighted by molar-refractivity contribution is 0.0677. The Balaban J connectivity index is 1.56. The van der Waals surface area contributed by atoms with Gasteiger partial charge in [-0.2, -0.15) is 9.78 Å². The minimum absolute atomic E-state index is 0.0316. The van der Waals surface area contributed by atoms with Crippen LogP contribution in [0.5, 0.6) is 0 Å². The first-order chi connectivity index (χ1) is 11.7. The summed E-state index contributed by atoms with van der Waals surface area (Å²) >= 11 is 1.42. The third-order valence-electron chi connectivity index (χ3n) is 4.22. The zero-order chi connectivity index (χ0) is 16.5. The lowest BCUT2D eigenvalue weighted by Gasteiger charge is -2.32. The number of aromatic nitrogens is 6. The molecular formula is C15H17N7OS. The Morgan fingerprint density at radius 3 is 3.08 bits per heavy atom. The lowest BCUT2D eigenvalue weighted by atomic mass is 10.1. The van der Waals surface area contributed by atoms with Gasteiger partial charge in [0.2, 0.25) is 0 Å². The molecule has 0 saturated carbocycles. The van der Waals surface area contributed by atoms with E-state index in [2.05, 4.69) is 20.6 Å². The number of thiophene rings is 1. The van der Waals surface area contributed by atoms with Gasteiger partial charge in [-0.3, -0.25) is 9.48 Å². The topological polar surface area (TPSA) is 81.7 Å². The smallest absolute Gasteiger partial charge is 0.266 e. The number of rotatable bonds is 3. The van der Waals surface area contributed by atoms with Gasteiger partial charge in [0.1, 0.15) is 11.2 Å². The standard InChI is InChI=1S/C15H17N7OS/c1-11-7-17-21(8-11)12-3-2-5-20(9-12)15(23)14-13(4-6-24-14)22-10-16-18-19-22/h4,6-8,10,12H,2-3,5,9H2,1H3/t12-/m0/s1. The van der Waals surface area contributed by atoms with Crippen molar-refractivity contribution in [3.63, 3.8) is 0 Å². The lowest BCUT2D eigenvalue weighted by Crippen LogP contribution is -2.40. The van der Waals surface area contributed by atoms with Crippen molar-refractivity contribution in [1.29, 1.82) is 0 Å². The predicted molar refractivity (Wildman–Crippen MR) is 88.2 cm³/mol. The van der Waals surface area contributed by atoms with Crippen molar-refractivity contribution in [3.05, 3.63) is 40.6 Å². The first-order valence-electron chi connectivity index (χ1n) is 7.83. The quantitative estimate of drug-likeness (QED) is 0.723. The number of carbonyl (C=O) groups is 1. The summed E-state index contributed by atoms with van der Waals surface area (Å²) in [6.07, 6.45) is 7.41. The number of hydrogen-bond acceptors (Lipinski definition) is 6. The molecule has 3 aromatic heterocycles. The summed E-state index contributed by atoms with van der Waals surface area (Å²) in [7, 11) is 0. The normalized spacial score (nSPS) is 18.0. The number of nitrogens with zero attached hydrogens (tertiary/aromatic N) is 7. The van der Waals surface area contributed by atoms with Crippen LogP contribution in [0.1, 0.15) is 34.1 Å². The van der Waals surface area contributed by atoms with Crippen molar-refractivity contribution in [2.24, 2.45) is 0 Å². The Morgan fingerprint density at radius 1 is 1.42 bits per heavy atom. The van der Waals surface area contributed by atoms with Gasteiger partial charge in [0.15, 0.2) is 0 Å². The minimum Gasteiger partial charge on any atom is -0.336 e. The fourth-order valence-corrected chi connectivity index (χ4v) is 3.89. The third kappa shape index (κ3) is 2.71. The fraction of sp³-hybridized carbons (Fsp3) is 0.400. The van der Waals surface area contributed by atoms with E-state index in [1.807, 2.05) is 40.3 Å². The molecule has 1 saturated heterocycles. The molecule has 4 rings (SSSR count). The second-order valence-corrected chi connectivity index (χ2v) is 6.85. The molecule has 8 nitrogen and oxygen atoms in total. The largest absolute Gasteiger partial charge is 0.336 e. The molecule has 0 unspecified atom stereocenters. The highest BCUT2D eigenvalue weighted by molar-refractivity contribution is 7.12. The van der Waals surface area contributed by atoms with Gasteiger partial charge in [0.05, 0.1) is 17.9 Å². The van der Waals surface area contributed by atoms with E-state index in [1.165, 1.54) is 22.3 Å². The molecule has 9 heteroatoms. The highest BCUT2D eigenvalue weighted by atomic mass is 32.1. The van der Waals surface area contributed by atoms with Crippen LogP contribution >= 0.6 is 11.3 Å². The molecule has 24 heavy (non-hydrogen) atoms. The van der Waals surface area contributed by atoms with E-state index >= 15 is 0 Å². The Labute approximate surface area is 142 Å². The molecule has 0 radical (unpaired) electrons. The first kappa shape index (κ1) is 15.0. The number of carbonyl (C=O) groups excluding carboxylic acids is 1. The molecule has 1 amide bonds. The average Bonchev–Trinajstić information content (AvgIpc) is 3.34. The molecule has 124 valence electrons. The molecule has 4 heterocycles. The first-order valence-corrected chi connectivity index (χ1v) is 8.71. The van der Waals surface area contributed by atoms with Gasteiger partial charge in [-0.25, -0.2) is 0 Å². The average molecular weight is 343 g/mol. The number of hydrogen-bond donors (Lipinski definition) is 0. The van der Waals surface area contributed by atoms with Crippen LogP contribution in [0.3, 0.4) is 0 Å². The maximum Gasteiger partial charge on any atom is 0.266 e. The van der Waals surface area contributed by atoms with Gasteiger partial charge in [-0.15, -0.1) is 16.4 Å². The summed E-state index contributed by atoms with van der Waals surface area (Å²) in [5.74, 6) is 0.0316. The van der Waals surface area contributed by atoms with Crippen molar-refractivity contribution in [2.45, 2.75) is 25.8 Å². The molecule has 3 aromatic rings. The summed E-state index contributed by atoms with van der Waals surface area (Å²) in [5, 5.41) is 17.5. The summed E-state index contributed by atoms with van der Waals surface area (Å²) in [5.41, 5.74) is 1.87. The second kappa shape index (κ2) is 6.16. The van der Waals surface area contributed by atoms with E-state index in [9.17, 15) is 4.79 Å². The highest BCUT2D eigenvalue weighted by Crippen LogP contribution is 2.26. The summed E-state index contributed by atoms with van der Waals surface area (Å²) in [6.45, 7) is 3.47. The van der Waals surface area contributed by atoms with Crippen LogP contribution in [0.25, 0.3) is 5.69 Å². The molecule has 0 aromatic carbocycles. The zero-order valence-corrected chi connectivity index (χ0v) is 14.1. The van der Waals surface area contributed by atoms with E-state index in [-0.39, 0.29) is 11.9 Å². The van der Waals surface area contributed by atoms with Gasteiger partial charge < -0.3 is 4.90 Å². The van der Waals surface area contributed by atoms with E-state index in [0.29, 0.717) is 11.4 Å². The molecule has 0 N–H and O–H groups in total. The van der Waals surface area contributed by atoms with Crippen LogP contribution in [0.15, 0.2) is 30.2 Å². The Hall–Kier alpha value is -2.55. The molecule has 1 aliphatic rings. The molecule has 1 fully saturated rings. The van der Waals surface area contributed by atoms with Crippen molar-refractivity contribution >= 4 is 17.2 Å². The van der Waals surface area contributed by atoms with E-state index in [1.54, 1.807) is 0 Å². The Morgan fingerprint density at radius 2 is 2.33 bits per heavy atom. The number of tetrazole rings is 1. The van der Waals surface area contributed by atoms with Crippen molar-refractivity contribution in [2.75, 3.05) is 13.1 Å². The summed E-state index contributed by atoms with van der Waals surface area (Å²) in [4.78, 5) is 15.6. The Kier molecular flexibility index (Phi) is 3.85. The summed E-state index contributed by atoms with van der Waals surface area (Å²) < 4.78 is 3.51. The van der Waals surface area contributed by atoms with Gasteiger partial charge >= 0.3 is 0 Å². The van der Waals surface area contributed by atoms with Crippen LogP contribution in [-0.4, -0.2) is 53.9 Å². The summed E-state index contributed by atoms with van der Waals surface area (Å²) in [6, 6.07) is 2.10. The van der Waals surface area contributed by atoms with E-state index < -0.39 is 0 Å². The van der Waals surface area contributed by atoms with Crippen molar-refractivity contribution in [3.8, 4) is 5.69 Å². The SMILES string of the molecule is Cc1cnn([C@H]2CCCN(C(=O)c3sccc3-n3cnnn3)C2)c1. The predicted octanol–water partition coefficient (Wildman–Crippen LogP) is 1.71. The molecular weight excluding hydrogens is 326 g/mol. The number of amides is 1. The van der Waals surface area contributed by atoms with Gasteiger partial charge in [-0.05, 0) is 47.2 Å².